The number of methoxy groups -OCH3 is 2. The minimum Gasteiger partial charge on any atom is -0.493 e. The van der Waals surface area contributed by atoms with Gasteiger partial charge in [0.05, 0.1) is 14.2 Å². The third kappa shape index (κ3) is 5.03. The summed E-state index contributed by atoms with van der Waals surface area (Å²) in [6.07, 6.45) is 2.40. The minimum absolute atomic E-state index is 0.0241. The summed E-state index contributed by atoms with van der Waals surface area (Å²) in [4.78, 5) is 16.1. The van der Waals surface area contributed by atoms with Gasteiger partial charge >= 0.3 is 0 Å². The average Bonchev–Trinajstić information content (AvgIpc) is 3.27. The number of carbonyl (C=O) groups is 1. The summed E-state index contributed by atoms with van der Waals surface area (Å²) in [6, 6.07) is 16.7. The molecule has 176 valence electrons. The molecule has 1 atom stereocenters. The minimum atomic E-state index is -0.673. The highest BCUT2D eigenvalue weighted by Crippen LogP contribution is 2.35. The van der Waals surface area contributed by atoms with E-state index in [9.17, 15) is 13.6 Å². The topological polar surface area (TPSA) is 63.3 Å². The molecule has 3 aromatic carbocycles. The Morgan fingerprint density at radius 2 is 1.76 bits per heavy atom. The van der Waals surface area contributed by atoms with Crippen molar-refractivity contribution in [1.82, 2.24) is 10.3 Å². The largest absolute Gasteiger partial charge is 0.493 e. The quantitative estimate of drug-likeness (QED) is 0.351. The summed E-state index contributed by atoms with van der Waals surface area (Å²) >= 11 is 0. The van der Waals surface area contributed by atoms with Crippen molar-refractivity contribution < 1.29 is 23.0 Å². The molecular weight excluding hydrogens is 438 g/mol. The summed E-state index contributed by atoms with van der Waals surface area (Å²) in [7, 11) is 3.15. The summed E-state index contributed by atoms with van der Waals surface area (Å²) in [5.74, 6) is -0.861. The lowest BCUT2D eigenvalue weighted by Gasteiger charge is -2.18. The standard InChI is InChI=1S/C27H26F2N2O3/c1-33-25-10-7-17(13-26(25)34-2)11-12-30-27(32)15-21(19-9-8-18(28)14-23(19)29)22-16-31-24-6-4-3-5-20(22)24/h3-10,13-14,16,21,31H,11-12,15H2,1-2H3,(H,30,32). The van der Waals surface area contributed by atoms with Gasteiger partial charge in [-0.25, -0.2) is 8.78 Å². The molecule has 0 aliphatic heterocycles. The predicted octanol–water partition coefficient (Wildman–Crippen LogP) is 5.34. The number of para-hydroxylation sites is 1. The lowest BCUT2D eigenvalue weighted by atomic mass is 9.87. The second-order valence-corrected chi connectivity index (χ2v) is 8.00. The molecule has 34 heavy (non-hydrogen) atoms. The molecule has 0 fully saturated rings. The molecule has 7 heteroatoms. The van der Waals surface area contributed by atoms with Gasteiger partial charge in [0.1, 0.15) is 11.6 Å². The molecule has 0 saturated heterocycles. The number of aromatic amines is 1. The van der Waals surface area contributed by atoms with Crippen molar-refractivity contribution in [3.8, 4) is 11.5 Å². The normalized spacial score (nSPS) is 11.9. The van der Waals surface area contributed by atoms with Crippen LogP contribution in [0.5, 0.6) is 11.5 Å². The number of rotatable bonds is 9. The van der Waals surface area contributed by atoms with E-state index in [0.717, 1.165) is 28.1 Å². The van der Waals surface area contributed by atoms with Gasteiger partial charge in [0.15, 0.2) is 11.5 Å². The van der Waals surface area contributed by atoms with Crippen LogP contribution in [0.4, 0.5) is 8.78 Å². The Morgan fingerprint density at radius 3 is 2.53 bits per heavy atom. The zero-order valence-corrected chi connectivity index (χ0v) is 19.0. The number of aromatic nitrogens is 1. The average molecular weight is 465 g/mol. The number of H-pyrrole nitrogens is 1. The Balaban J connectivity index is 1.51. The Bertz CT molecular complexity index is 1300. The van der Waals surface area contributed by atoms with Gasteiger partial charge in [-0.3, -0.25) is 4.79 Å². The first-order valence-electron chi connectivity index (χ1n) is 11.0. The van der Waals surface area contributed by atoms with Crippen LogP contribution >= 0.6 is 0 Å². The fourth-order valence-electron chi connectivity index (χ4n) is 4.19. The third-order valence-electron chi connectivity index (χ3n) is 5.91. The maximum Gasteiger partial charge on any atom is 0.220 e. The van der Waals surface area contributed by atoms with Gasteiger partial charge in [-0.2, -0.15) is 0 Å². The number of fused-ring (bicyclic) bond motifs is 1. The van der Waals surface area contributed by atoms with Gasteiger partial charge in [0, 0.05) is 42.0 Å². The second kappa shape index (κ2) is 10.4. The van der Waals surface area contributed by atoms with Crippen LogP contribution in [0.25, 0.3) is 10.9 Å². The maximum atomic E-state index is 14.7. The molecule has 4 rings (SSSR count). The molecule has 0 aliphatic carbocycles. The van der Waals surface area contributed by atoms with E-state index in [4.69, 9.17) is 9.47 Å². The van der Waals surface area contributed by atoms with E-state index in [0.29, 0.717) is 24.5 Å². The van der Waals surface area contributed by atoms with Crippen LogP contribution in [-0.4, -0.2) is 31.7 Å². The van der Waals surface area contributed by atoms with Crippen molar-refractivity contribution in [2.45, 2.75) is 18.8 Å². The number of nitrogens with one attached hydrogen (secondary N) is 2. The van der Waals surface area contributed by atoms with E-state index in [1.807, 2.05) is 42.5 Å². The number of hydrogen-bond acceptors (Lipinski definition) is 3. The lowest BCUT2D eigenvalue weighted by molar-refractivity contribution is -0.121. The lowest BCUT2D eigenvalue weighted by Crippen LogP contribution is -2.27. The zero-order chi connectivity index (χ0) is 24.1. The van der Waals surface area contributed by atoms with Gasteiger partial charge in [0.25, 0.3) is 0 Å². The predicted molar refractivity (Wildman–Crippen MR) is 127 cm³/mol. The molecular formula is C27H26F2N2O3. The van der Waals surface area contributed by atoms with Crippen LogP contribution in [-0.2, 0) is 11.2 Å². The Kier molecular flexibility index (Phi) is 7.11. The van der Waals surface area contributed by atoms with Gasteiger partial charge in [-0.1, -0.05) is 30.3 Å². The molecule has 5 nitrogen and oxygen atoms in total. The number of halogens is 2. The van der Waals surface area contributed by atoms with Crippen molar-refractivity contribution in [2.24, 2.45) is 0 Å². The third-order valence-corrected chi connectivity index (χ3v) is 5.91. The summed E-state index contributed by atoms with van der Waals surface area (Å²) < 4.78 is 38.9. The molecule has 0 aliphatic rings. The number of amides is 1. The molecule has 1 heterocycles. The first-order valence-corrected chi connectivity index (χ1v) is 11.0. The van der Waals surface area contributed by atoms with Crippen LogP contribution in [0.2, 0.25) is 0 Å². The van der Waals surface area contributed by atoms with Crippen LogP contribution < -0.4 is 14.8 Å². The van der Waals surface area contributed by atoms with Crippen molar-refractivity contribution in [2.75, 3.05) is 20.8 Å². The van der Waals surface area contributed by atoms with Crippen molar-refractivity contribution in [1.29, 1.82) is 0 Å². The first-order chi connectivity index (χ1) is 16.5. The van der Waals surface area contributed by atoms with Gasteiger partial charge < -0.3 is 19.8 Å². The number of ether oxygens (including phenoxy) is 2. The maximum absolute atomic E-state index is 14.7. The van der Waals surface area contributed by atoms with Crippen molar-refractivity contribution in [3.05, 3.63) is 95.2 Å². The summed E-state index contributed by atoms with van der Waals surface area (Å²) in [6.45, 7) is 0.404. The Morgan fingerprint density at radius 1 is 0.971 bits per heavy atom. The molecule has 0 spiro atoms. The fourth-order valence-corrected chi connectivity index (χ4v) is 4.19. The monoisotopic (exact) mass is 464 g/mol. The zero-order valence-electron chi connectivity index (χ0n) is 19.0. The van der Waals surface area contributed by atoms with E-state index in [-0.39, 0.29) is 17.9 Å². The van der Waals surface area contributed by atoms with Crippen LogP contribution in [0.3, 0.4) is 0 Å². The van der Waals surface area contributed by atoms with E-state index in [1.54, 1.807) is 20.4 Å². The first kappa shape index (κ1) is 23.3. The van der Waals surface area contributed by atoms with E-state index >= 15 is 0 Å². The van der Waals surface area contributed by atoms with Crippen LogP contribution in [0.1, 0.15) is 29.0 Å². The summed E-state index contributed by atoms with van der Waals surface area (Å²) in [5.41, 5.74) is 2.94. The SMILES string of the molecule is COc1ccc(CCNC(=O)CC(c2ccc(F)cc2F)c2c[nH]c3ccccc23)cc1OC. The van der Waals surface area contributed by atoms with Gasteiger partial charge in [-0.15, -0.1) is 0 Å². The highest BCUT2D eigenvalue weighted by molar-refractivity contribution is 5.86. The molecule has 0 saturated carbocycles. The molecule has 1 unspecified atom stereocenters. The number of carbonyl (C=O) groups excluding carboxylic acids is 1. The molecule has 0 bridgehead atoms. The number of hydrogen-bond donors (Lipinski definition) is 2. The molecule has 2 N–H and O–H groups in total. The van der Waals surface area contributed by atoms with Crippen molar-refractivity contribution in [3.63, 3.8) is 0 Å². The van der Waals surface area contributed by atoms with Gasteiger partial charge in [0.2, 0.25) is 5.91 Å². The number of benzene rings is 3. The Labute approximate surface area is 196 Å². The molecule has 0 radical (unpaired) electrons. The highest BCUT2D eigenvalue weighted by atomic mass is 19.1. The van der Waals surface area contributed by atoms with E-state index < -0.39 is 17.6 Å². The van der Waals surface area contributed by atoms with Crippen molar-refractivity contribution >= 4 is 16.8 Å². The molecule has 1 amide bonds. The Hall–Kier alpha value is -3.87. The second-order valence-electron chi connectivity index (χ2n) is 8.00. The smallest absolute Gasteiger partial charge is 0.220 e. The highest BCUT2D eigenvalue weighted by Gasteiger charge is 2.24. The van der Waals surface area contributed by atoms with E-state index in [2.05, 4.69) is 10.3 Å². The van der Waals surface area contributed by atoms with Gasteiger partial charge in [-0.05, 0) is 47.4 Å². The summed E-state index contributed by atoms with van der Waals surface area (Å²) in [5, 5.41) is 3.82. The van der Waals surface area contributed by atoms with Crippen LogP contribution in [0.15, 0.2) is 66.9 Å². The van der Waals surface area contributed by atoms with E-state index in [1.165, 1.54) is 12.1 Å². The van der Waals surface area contributed by atoms with Crippen LogP contribution in [0, 0.1) is 11.6 Å². The molecule has 4 aromatic rings. The fraction of sp³-hybridized carbons (Fsp3) is 0.222. The molecule has 1 aromatic heterocycles.